The Balaban J connectivity index is 2.05. The first-order valence-electron chi connectivity index (χ1n) is 6.89. The maximum absolute atomic E-state index is 11.2. The van der Waals surface area contributed by atoms with E-state index in [1.54, 1.807) is 12.1 Å². The standard InChI is InChI=1S/C14H21ClN2O2S/c1-10(11-5-3-4-6-11)16-12-7-8-14(13(15)9-12)17-20(2,18)19/h7-11,16-17H,3-6H2,1-2H3. The molecule has 2 rings (SSSR count). The Morgan fingerprint density at radius 3 is 2.50 bits per heavy atom. The Morgan fingerprint density at radius 1 is 1.30 bits per heavy atom. The van der Waals surface area contributed by atoms with Crippen molar-refractivity contribution in [2.24, 2.45) is 5.92 Å². The highest BCUT2D eigenvalue weighted by molar-refractivity contribution is 7.92. The monoisotopic (exact) mass is 316 g/mol. The van der Waals surface area contributed by atoms with Crippen molar-refractivity contribution >= 4 is 33.0 Å². The Kier molecular flexibility index (Phi) is 4.81. The Bertz CT molecular complexity index is 569. The lowest BCUT2D eigenvalue weighted by Gasteiger charge is -2.22. The van der Waals surface area contributed by atoms with Crippen molar-refractivity contribution in [2.75, 3.05) is 16.3 Å². The average Bonchev–Trinajstić information content (AvgIpc) is 2.85. The van der Waals surface area contributed by atoms with Crippen molar-refractivity contribution in [3.05, 3.63) is 23.2 Å². The zero-order valence-electron chi connectivity index (χ0n) is 11.8. The van der Waals surface area contributed by atoms with Crippen LogP contribution in [0.25, 0.3) is 0 Å². The number of benzene rings is 1. The van der Waals surface area contributed by atoms with E-state index in [0.717, 1.165) is 11.9 Å². The van der Waals surface area contributed by atoms with Gasteiger partial charge in [0, 0.05) is 11.7 Å². The predicted molar refractivity (Wildman–Crippen MR) is 85.0 cm³/mol. The van der Waals surface area contributed by atoms with Gasteiger partial charge < -0.3 is 5.32 Å². The molecule has 1 aliphatic carbocycles. The molecule has 1 aromatic rings. The second-order valence-electron chi connectivity index (χ2n) is 5.55. The van der Waals surface area contributed by atoms with E-state index >= 15 is 0 Å². The molecule has 0 spiro atoms. The SMILES string of the molecule is CC(Nc1ccc(NS(C)(=O)=O)c(Cl)c1)C1CCCC1. The summed E-state index contributed by atoms with van der Waals surface area (Å²) >= 11 is 6.11. The summed E-state index contributed by atoms with van der Waals surface area (Å²) in [7, 11) is -3.30. The van der Waals surface area contributed by atoms with Gasteiger partial charge in [-0.25, -0.2) is 8.42 Å². The number of sulfonamides is 1. The molecule has 0 aromatic heterocycles. The van der Waals surface area contributed by atoms with Crippen molar-refractivity contribution in [3.63, 3.8) is 0 Å². The summed E-state index contributed by atoms with van der Waals surface area (Å²) in [6.07, 6.45) is 6.28. The Hall–Kier alpha value is -0.940. The molecule has 112 valence electrons. The smallest absolute Gasteiger partial charge is 0.229 e. The third-order valence-corrected chi connectivity index (χ3v) is 4.67. The topological polar surface area (TPSA) is 58.2 Å². The fourth-order valence-corrected chi connectivity index (χ4v) is 3.59. The largest absolute Gasteiger partial charge is 0.382 e. The molecule has 1 atom stereocenters. The molecule has 1 unspecified atom stereocenters. The molecule has 1 fully saturated rings. The molecule has 0 aliphatic heterocycles. The molecule has 20 heavy (non-hydrogen) atoms. The van der Waals surface area contributed by atoms with Gasteiger partial charge in [-0.1, -0.05) is 24.4 Å². The minimum Gasteiger partial charge on any atom is -0.382 e. The molecular formula is C14H21ClN2O2S. The van der Waals surface area contributed by atoms with Crippen LogP contribution in [0.2, 0.25) is 5.02 Å². The van der Waals surface area contributed by atoms with Crippen LogP contribution < -0.4 is 10.0 Å². The summed E-state index contributed by atoms with van der Waals surface area (Å²) in [6.45, 7) is 2.19. The fraction of sp³-hybridized carbons (Fsp3) is 0.571. The number of hydrogen-bond acceptors (Lipinski definition) is 3. The van der Waals surface area contributed by atoms with Crippen LogP contribution in [0.5, 0.6) is 0 Å². The van der Waals surface area contributed by atoms with Gasteiger partial charge >= 0.3 is 0 Å². The van der Waals surface area contributed by atoms with E-state index in [1.807, 2.05) is 6.07 Å². The third-order valence-electron chi connectivity index (χ3n) is 3.77. The van der Waals surface area contributed by atoms with E-state index in [4.69, 9.17) is 11.6 Å². The van der Waals surface area contributed by atoms with Gasteiger partial charge in [0.15, 0.2) is 0 Å². The molecule has 2 N–H and O–H groups in total. The van der Waals surface area contributed by atoms with E-state index < -0.39 is 10.0 Å². The van der Waals surface area contributed by atoms with Crippen LogP contribution in [0, 0.1) is 5.92 Å². The van der Waals surface area contributed by atoms with E-state index in [0.29, 0.717) is 22.7 Å². The number of nitrogens with one attached hydrogen (secondary N) is 2. The minimum absolute atomic E-state index is 0.402. The molecule has 4 nitrogen and oxygen atoms in total. The summed E-state index contributed by atoms with van der Waals surface area (Å²) in [5, 5.41) is 3.85. The number of rotatable bonds is 5. The maximum atomic E-state index is 11.2. The quantitative estimate of drug-likeness (QED) is 0.870. The lowest BCUT2D eigenvalue weighted by atomic mass is 9.99. The van der Waals surface area contributed by atoms with Gasteiger partial charge in [-0.15, -0.1) is 0 Å². The first-order valence-corrected chi connectivity index (χ1v) is 9.16. The molecule has 0 saturated heterocycles. The molecule has 0 bridgehead atoms. The lowest BCUT2D eigenvalue weighted by molar-refractivity contribution is 0.482. The van der Waals surface area contributed by atoms with Crippen molar-refractivity contribution in [3.8, 4) is 0 Å². The average molecular weight is 317 g/mol. The molecular weight excluding hydrogens is 296 g/mol. The van der Waals surface area contributed by atoms with E-state index in [2.05, 4.69) is 17.0 Å². The molecule has 0 heterocycles. The summed E-state index contributed by atoms with van der Waals surface area (Å²) in [5.41, 5.74) is 1.33. The van der Waals surface area contributed by atoms with E-state index in [-0.39, 0.29) is 0 Å². The zero-order chi connectivity index (χ0) is 14.8. The van der Waals surface area contributed by atoms with Gasteiger partial charge in [-0.3, -0.25) is 4.72 Å². The highest BCUT2D eigenvalue weighted by atomic mass is 35.5. The second kappa shape index (κ2) is 6.22. The summed E-state index contributed by atoms with van der Waals surface area (Å²) in [4.78, 5) is 0. The molecule has 6 heteroatoms. The van der Waals surface area contributed by atoms with Crippen molar-refractivity contribution in [1.29, 1.82) is 0 Å². The van der Waals surface area contributed by atoms with Crippen LogP contribution in [0.3, 0.4) is 0 Å². The molecule has 0 radical (unpaired) electrons. The molecule has 1 aliphatic rings. The third kappa shape index (κ3) is 4.28. The van der Waals surface area contributed by atoms with Crippen LogP contribution in [0.4, 0.5) is 11.4 Å². The van der Waals surface area contributed by atoms with Crippen molar-refractivity contribution in [1.82, 2.24) is 0 Å². The lowest BCUT2D eigenvalue weighted by Crippen LogP contribution is -2.23. The van der Waals surface area contributed by atoms with Crippen LogP contribution >= 0.6 is 11.6 Å². The van der Waals surface area contributed by atoms with Crippen LogP contribution in [-0.4, -0.2) is 20.7 Å². The minimum atomic E-state index is -3.30. The normalized spacial score (nSPS) is 17.9. The first-order chi connectivity index (χ1) is 9.35. The molecule has 1 aromatic carbocycles. The zero-order valence-corrected chi connectivity index (χ0v) is 13.4. The van der Waals surface area contributed by atoms with Crippen LogP contribution in [-0.2, 0) is 10.0 Å². The van der Waals surface area contributed by atoms with Gasteiger partial charge in [0.25, 0.3) is 0 Å². The maximum Gasteiger partial charge on any atom is 0.229 e. The van der Waals surface area contributed by atoms with Crippen LogP contribution in [0.15, 0.2) is 18.2 Å². The van der Waals surface area contributed by atoms with Gasteiger partial charge in [-0.2, -0.15) is 0 Å². The predicted octanol–water partition coefficient (Wildman–Crippen LogP) is 3.70. The molecule has 1 saturated carbocycles. The Morgan fingerprint density at radius 2 is 1.95 bits per heavy atom. The first kappa shape index (κ1) is 15.4. The second-order valence-corrected chi connectivity index (χ2v) is 7.70. The fourth-order valence-electron chi connectivity index (χ4n) is 2.73. The summed E-state index contributed by atoms with van der Waals surface area (Å²) in [5.74, 6) is 0.711. The number of hydrogen-bond donors (Lipinski definition) is 2. The van der Waals surface area contributed by atoms with Gasteiger partial charge in [0.05, 0.1) is 17.0 Å². The van der Waals surface area contributed by atoms with Gasteiger partial charge in [0.2, 0.25) is 10.0 Å². The summed E-state index contributed by atoms with van der Waals surface area (Å²) < 4.78 is 24.8. The number of anilines is 2. The van der Waals surface area contributed by atoms with Crippen molar-refractivity contribution < 1.29 is 8.42 Å². The van der Waals surface area contributed by atoms with Crippen LogP contribution in [0.1, 0.15) is 32.6 Å². The van der Waals surface area contributed by atoms with Gasteiger partial charge in [0.1, 0.15) is 0 Å². The molecule has 0 amide bonds. The Labute approximate surface area is 126 Å². The highest BCUT2D eigenvalue weighted by Crippen LogP contribution is 2.31. The highest BCUT2D eigenvalue weighted by Gasteiger charge is 2.21. The van der Waals surface area contributed by atoms with E-state index in [9.17, 15) is 8.42 Å². The number of halogens is 1. The summed E-state index contributed by atoms with van der Waals surface area (Å²) in [6, 6.07) is 5.71. The van der Waals surface area contributed by atoms with E-state index in [1.165, 1.54) is 25.7 Å². The van der Waals surface area contributed by atoms with Gasteiger partial charge in [-0.05, 0) is 43.9 Å². The van der Waals surface area contributed by atoms with Crippen molar-refractivity contribution in [2.45, 2.75) is 38.6 Å².